The van der Waals surface area contributed by atoms with Gasteiger partial charge >= 0.3 is 0 Å². The van der Waals surface area contributed by atoms with Gasteiger partial charge in [-0.1, -0.05) is 29.8 Å². The molecule has 0 fully saturated rings. The number of nitrogens with two attached hydrogens (primary N) is 1. The molecule has 1 aromatic carbocycles. The Hall–Kier alpha value is -0.240. The van der Waals surface area contributed by atoms with Crippen molar-refractivity contribution in [2.45, 2.75) is 19.4 Å². The second-order valence-electron chi connectivity index (χ2n) is 3.20. The van der Waals surface area contributed by atoms with Gasteiger partial charge in [0, 0.05) is 10.6 Å². The van der Waals surface area contributed by atoms with Crippen molar-refractivity contribution in [3.63, 3.8) is 0 Å². The predicted molar refractivity (Wildman–Crippen MR) is 55.9 cm³/mol. The van der Waals surface area contributed by atoms with Gasteiger partial charge in [0.2, 0.25) is 0 Å². The first-order chi connectivity index (χ1) is 5.02. The second kappa shape index (κ2) is 4.13. The summed E-state index contributed by atoms with van der Waals surface area (Å²) in [6, 6.07) is 7.64. The summed E-state index contributed by atoms with van der Waals surface area (Å²) in [5.41, 5.74) is 6.51. The van der Waals surface area contributed by atoms with E-state index in [2.05, 4.69) is 0 Å². The smallest absolute Gasteiger partial charge is 0.0456 e. The molecule has 0 atom stereocenters. The van der Waals surface area contributed by atoms with Crippen LogP contribution in [0.4, 0.5) is 0 Å². The lowest BCUT2D eigenvalue weighted by Crippen LogP contribution is -2.28. The second-order valence-corrected chi connectivity index (χ2v) is 3.61. The Morgan fingerprint density at radius 1 is 1.25 bits per heavy atom. The van der Waals surface area contributed by atoms with Gasteiger partial charge in [0.15, 0.2) is 0 Å². The summed E-state index contributed by atoms with van der Waals surface area (Å²) in [6.45, 7) is 3.88. The highest BCUT2D eigenvalue weighted by Crippen LogP contribution is 2.24. The van der Waals surface area contributed by atoms with Crippen molar-refractivity contribution < 1.29 is 0 Å². The molecule has 1 rings (SSSR count). The zero-order chi connectivity index (χ0) is 8.48. The van der Waals surface area contributed by atoms with Crippen LogP contribution in [0, 0.1) is 0 Å². The molecule has 0 radical (unpaired) electrons. The molecule has 2 N–H and O–H groups in total. The van der Waals surface area contributed by atoms with E-state index in [1.807, 2.05) is 38.1 Å². The van der Waals surface area contributed by atoms with Gasteiger partial charge in [-0.15, -0.1) is 12.4 Å². The Balaban J connectivity index is 0.00000121. The van der Waals surface area contributed by atoms with Gasteiger partial charge in [-0.2, -0.15) is 0 Å². The molecular formula is C9H13Cl2N. The average Bonchev–Trinajstić information content (AvgIpc) is 1.86. The van der Waals surface area contributed by atoms with Crippen LogP contribution in [0.5, 0.6) is 0 Å². The summed E-state index contributed by atoms with van der Waals surface area (Å²) in [5, 5.41) is 0.736. The van der Waals surface area contributed by atoms with E-state index in [0.717, 1.165) is 10.6 Å². The van der Waals surface area contributed by atoms with Crippen molar-refractivity contribution in [1.82, 2.24) is 0 Å². The first-order valence-corrected chi connectivity index (χ1v) is 3.93. The third kappa shape index (κ3) is 2.67. The summed E-state index contributed by atoms with van der Waals surface area (Å²) in [4.78, 5) is 0. The maximum atomic E-state index is 5.93. The van der Waals surface area contributed by atoms with Crippen LogP contribution in [0.2, 0.25) is 5.02 Å². The molecule has 0 aliphatic carbocycles. The van der Waals surface area contributed by atoms with E-state index >= 15 is 0 Å². The number of benzene rings is 1. The maximum Gasteiger partial charge on any atom is 0.0456 e. The Morgan fingerprint density at radius 3 is 2.08 bits per heavy atom. The molecule has 0 bridgehead atoms. The number of halogens is 2. The minimum absolute atomic E-state index is 0. The highest BCUT2D eigenvalue weighted by atomic mass is 35.5. The van der Waals surface area contributed by atoms with Gasteiger partial charge in [0.05, 0.1) is 0 Å². The molecule has 68 valence electrons. The van der Waals surface area contributed by atoms with Crippen LogP contribution in [0.3, 0.4) is 0 Å². The minimum Gasteiger partial charge on any atom is -0.322 e. The molecule has 0 spiro atoms. The van der Waals surface area contributed by atoms with E-state index in [0.29, 0.717) is 0 Å². The monoisotopic (exact) mass is 205 g/mol. The fourth-order valence-corrected chi connectivity index (χ4v) is 1.36. The zero-order valence-electron chi connectivity index (χ0n) is 7.17. The standard InChI is InChI=1S/C9H12ClN.ClH/c1-9(2,11)7-5-3-4-6-8(7)10;/h3-6H,11H2,1-2H3;1H. The molecule has 0 unspecified atom stereocenters. The largest absolute Gasteiger partial charge is 0.322 e. The molecule has 0 saturated heterocycles. The summed E-state index contributed by atoms with van der Waals surface area (Å²) in [6.07, 6.45) is 0. The fraction of sp³-hybridized carbons (Fsp3) is 0.333. The Bertz CT molecular complexity index is 253. The summed E-state index contributed by atoms with van der Waals surface area (Å²) in [5.74, 6) is 0. The normalized spacial score (nSPS) is 10.7. The van der Waals surface area contributed by atoms with Crippen molar-refractivity contribution in [1.29, 1.82) is 0 Å². The molecule has 12 heavy (non-hydrogen) atoms. The van der Waals surface area contributed by atoms with Gasteiger partial charge < -0.3 is 5.73 Å². The number of rotatable bonds is 1. The topological polar surface area (TPSA) is 26.0 Å². The number of hydrogen-bond acceptors (Lipinski definition) is 1. The van der Waals surface area contributed by atoms with Crippen molar-refractivity contribution >= 4 is 24.0 Å². The molecular weight excluding hydrogens is 193 g/mol. The number of hydrogen-bond donors (Lipinski definition) is 1. The van der Waals surface area contributed by atoms with Crippen LogP contribution < -0.4 is 5.73 Å². The highest BCUT2D eigenvalue weighted by Gasteiger charge is 2.16. The first-order valence-electron chi connectivity index (χ1n) is 3.56. The zero-order valence-corrected chi connectivity index (χ0v) is 8.75. The lowest BCUT2D eigenvalue weighted by molar-refractivity contribution is 0.555. The van der Waals surface area contributed by atoms with Crippen LogP contribution >= 0.6 is 24.0 Å². The molecule has 0 amide bonds. The highest BCUT2D eigenvalue weighted by molar-refractivity contribution is 6.31. The molecule has 0 aliphatic heterocycles. The van der Waals surface area contributed by atoms with Crippen molar-refractivity contribution in [3.05, 3.63) is 34.9 Å². The van der Waals surface area contributed by atoms with E-state index in [9.17, 15) is 0 Å². The summed E-state index contributed by atoms with van der Waals surface area (Å²) < 4.78 is 0. The van der Waals surface area contributed by atoms with Crippen molar-refractivity contribution in [3.8, 4) is 0 Å². The lowest BCUT2D eigenvalue weighted by Gasteiger charge is -2.20. The lowest BCUT2D eigenvalue weighted by atomic mass is 9.96. The molecule has 1 nitrogen and oxygen atoms in total. The Labute approximate surface area is 84.3 Å². The van der Waals surface area contributed by atoms with E-state index in [1.165, 1.54) is 0 Å². The van der Waals surface area contributed by atoms with Crippen LogP contribution in [0.15, 0.2) is 24.3 Å². The molecule has 0 heterocycles. The molecule has 0 saturated carbocycles. The molecule has 3 heteroatoms. The minimum atomic E-state index is -0.349. The Kier molecular flexibility index (Phi) is 4.04. The van der Waals surface area contributed by atoms with E-state index in [-0.39, 0.29) is 17.9 Å². The van der Waals surface area contributed by atoms with Gasteiger partial charge in [-0.25, -0.2) is 0 Å². The van der Waals surface area contributed by atoms with E-state index in [4.69, 9.17) is 17.3 Å². The third-order valence-electron chi connectivity index (χ3n) is 1.57. The average molecular weight is 206 g/mol. The molecule has 0 aromatic heterocycles. The predicted octanol–water partition coefficient (Wildman–Crippen LogP) is 2.96. The van der Waals surface area contributed by atoms with Crippen molar-refractivity contribution in [2.75, 3.05) is 0 Å². The van der Waals surface area contributed by atoms with Gasteiger partial charge in [0.1, 0.15) is 0 Å². The van der Waals surface area contributed by atoms with Crippen LogP contribution in [-0.2, 0) is 5.54 Å². The maximum absolute atomic E-state index is 5.93. The van der Waals surface area contributed by atoms with Crippen LogP contribution in [-0.4, -0.2) is 0 Å². The van der Waals surface area contributed by atoms with Gasteiger partial charge in [0.25, 0.3) is 0 Å². The quantitative estimate of drug-likeness (QED) is 0.750. The van der Waals surface area contributed by atoms with E-state index in [1.54, 1.807) is 0 Å². The van der Waals surface area contributed by atoms with Crippen LogP contribution in [0.25, 0.3) is 0 Å². The van der Waals surface area contributed by atoms with E-state index < -0.39 is 0 Å². The van der Waals surface area contributed by atoms with Crippen LogP contribution in [0.1, 0.15) is 19.4 Å². The first kappa shape index (κ1) is 11.8. The van der Waals surface area contributed by atoms with Crippen molar-refractivity contribution in [2.24, 2.45) is 5.73 Å². The fourth-order valence-electron chi connectivity index (χ4n) is 0.984. The van der Waals surface area contributed by atoms with Gasteiger partial charge in [-0.05, 0) is 25.5 Å². The summed E-state index contributed by atoms with van der Waals surface area (Å²) in [7, 11) is 0. The third-order valence-corrected chi connectivity index (χ3v) is 1.90. The Morgan fingerprint density at radius 2 is 1.75 bits per heavy atom. The SMILES string of the molecule is CC(C)(N)c1ccccc1Cl.Cl. The molecule has 1 aromatic rings. The summed E-state index contributed by atoms with van der Waals surface area (Å²) >= 11 is 5.93. The van der Waals surface area contributed by atoms with Gasteiger partial charge in [-0.3, -0.25) is 0 Å². The molecule has 0 aliphatic rings.